The second kappa shape index (κ2) is 7.98. The molecule has 158 valence electrons. The first kappa shape index (κ1) is 20.2. The van der Waals surface area contributed by atoms with Crippen LogP contribution in [0.3, 0.4) is 0 Å². The maximum absolute atomic E-state index is 13.2. The number of ketones is 1. The van der Waals surface area contributed by atoms with E-state index in [2.05, 4.69) is 20.8 Å². The molecule has 1 aliphatic heterocycles. The molecule has 0 radical (unpaired) electrons. The molecular formula is C21H20N6O4. The fourth-order valence-corrected chi connectivity index (χ4v) is 3.41. The molecule has 10 heteroatoms. The Hall–Kier alpha value is -4.08. The Morgan fingerprint density at radius 3 is 2.61 bits per heavy atom. The second-order valence-electron chi connectivity index (χ2n) is 7.13. The second-order valence-corrected chi connectivity index (χ2v) is 7.13. The highest BCUT2D eigenvalue weighted by Gasteiger charge is 2.49. The number of carbonyl (C=O) groups is 3. The van der Waals surface area contributed by atoms with Gasteiger partial charge in [0.25, 0.3) is 5.91 Å². The summed E-state index contributed by atoms with van der Waals surface area (Å²) in [6, 6.07) is 12.9. The van der Waals surface area contributed by atoms with Crippen molar-refractivity contribution < 1.29 is 19.1 Å². The minimum absolute atomic E-state index is 0.349. The number of nitrogens with one attached hydrogen (secondary N) is 1. The molecule has 0 aliphatic carbocycles. The van der Waals surface area contributed by atoms with Crippen LogP contribution in [-0.4, -0.2) is 56.0 Å². The molecule has 10 nitrogen and oxygen atoms in total. The molecule has 0 bridgehead atoms. The number of urea groups is 1. The summed E-state index contributed by atoms with van der Waals surface area (Å²) in [6.07, 6.45) is 1.43. The Kier molecular flexibility index (Phi) is 5.20. The van der Waals surface area contributed by atoms with Crippen LogP contribution in [0.4, 0.5) is 4.79 Å². The molecule has 1 saturated heterocycles. The number of ether oxygens (including phenoxy) is 1. The fourth-order valence-electron chi connectivity index (χ4n) is 3.41. The molecule has 1 aliphatic rings. The molecule has 31 heavy (non-hydrogen) atoms. The van der Waals surface area contributed by atoms with Gasteiger partial charge in [0.15, 0.2) is 5.78 Å². The van der Waals surface area contributed by atoms with E-state index in [0.29, 0.717) is 29.2 Å². The third-order valence-electron chi connectivity index (χ3n) is 5.10. The molecule has 0 saturated carbocycles. The van der Waals surface area contributed by atoms with Crippen LogP contribution >= 0.6 is 0 Å². The number of hydrogen-bond acceptors (Lipinski definition) is 7. The monoisotopic (exact) mass is 420 g/mol. The summed E-state index contributed by atoms with van der Waals surface area (Å²) in [5.74, 6) is -0.215. The molecule has 2 aromatic carbocycles. The minimum atomic E-state index is -1.32. The molecule has 1 atom stereocenters. The van der Waals surface area contributed by atoms with Crippen LogP contribution in [0.25, 0.3) is 5.69 Å². The van der Waals surface area contributed by atoms with E-state index in [9.17, 15) is 14.4 Å². The molecule has 4 rings (SSSR count). The first-order valence-corrected chi connectivity index (χ1v) is 9.66. The van der Waals surface area contributed by atoms with Gasteiger partial charge >= 0.3 is 6.03 Å². The average molecular weight is 420 g/mol. The van der Waals surface area contributed by atoms with Crippen LogP contribution in [0, 0.1) is 0 Å². The zero-order valence-electron chi connectivity index (χ0n) is 17.0. The fraction of sp³-hybridized carbons (Fsp3) is 0.238. The molecule has 1 fully saturated rings. The Labute approximate surface area is 177 Å². The number of rotatable bonds is 7. The summed E-state index contributed by atoms with van der Waals surface area (Å²) in [7, 11) is 0. The third-order valence-corrected chi connectivity index (χ3v) is 5.10. The van der Waals surface area contributed by atoms with E-state index < -0.39 is 17.5 Å². The van der Waals surface area contributed by atoms with Crippen molar-refractivity contribution in [3.05, 3.63) is 66.0 Å². The van der Waals surface area contributed by atoms with Crippen molar-refractivity contribution in [3.63, 3.8) is 0 Å². The highest BCUT2D eigenvalue weighted by atomic mass is 16.5. The van der Waals surface area contributed by atoms with Gasteiger partial charge in [0.2, 0.25) is 0 Å². The van der Waals surface area contributed by atoms with Crippen molar-refractivity contribution in [2.45, 2.75) is 19.4 Å². The van der Waals surface area contributed by atoms with Crippen LogP contribution in [0.15, 0.2) is 54.9 Å². The lowest BCUT2D eigenvalue weighted by Gasteiger charge is -2.22. The molecule has 2 heterocycles. The summed E-state index contributed by atoms with van der Waals surface area (Å²) >= 11 is 0. The van der Waals surface area contributed by atoms with Crippen molar-refractivity contribution in [2.75, 3.05) is 13.2 Å². The van der Waals surface area contributed by atoms with Crippen molar-refractivity contribution >= 4 is 17.7 Å². The zero-order chi connectivity index (χ0) is 22.0. The van der Waals surface area contributed by atoms with Gasteiger partial charge in [0, 0.05) is 5.56 Å². The number of amides is 3. The number of benzene rings is 2. The van der Waals surface area contributed by atoms with E-state index in [-0.39, 0.29) is 12.3 Å². The first-order chi connectivity index (χ1) is 14.9. The largest absolute Gasteiger partial charge is 0.494 e. The summed E-state index contributed by atoms with van der Waals surface area (Å²) < 4.78 is 6.81. The molecule has 1 aromatic heterocycles. The Bertz CT molecular complexity index is 1130. The van der Waals surface area contributed by atoms with Crippen molar-refractivity contribution in [3.8, 4) is 11.4 Å². The smallest absolute Gasteiger partial charge is 0.325 e. The molecule has 1 N–H and O–H groups in total. The molecule has 3 aromatic rings. The van der Waals surface area contributed by atoms with E-state index in [1.165, 1.54) is 11.0 Å². The Balaban J connectivity index is 1.54. The molecule has 3 amide bonds. The summed E-state index contributed by atoms with van der Waals surface area (Å²) in [5.41, 5.74) is 0.253. The summed E-state index contributed by atoms with van der Waals surface area (Å²) in [5, 5.41) is 13.7. The average Bonchev–Trinajstić information content (AvgIpc) is 3.39. The highest BCUT2D eigenvalue weighted by Crippen LogP contribution is 2.30. The van der Waals surface area contributed by atoms with E-state index in [1.807, 2.05) is 6.92 Å². The van der Waals surface area contributed by atoms with E-state index in [1.54, 1.807) is 55.5 Å². The summed E-state index contributed by atoms with van der Waals surface area (Å²) in [6.45, 7) is 3.63. The number of Topliss-reactive ketones (excluding diaryl/α,β-unsaturated/α-hetero) is 1. The zero-order valence-corrected chi connectivity index (χ0v) is 17.0. The number of nitrogens with zero attached hydrogens (tertiary/aromatic N) is 5. The lowest BCUT2D eigenvalue weighted by molar-refractivity contribution is -0.130. The third kappa shape index (κ3) is 3.75. The Morgan fingerprint density at radius 2 is 1.94 bits per heavy atom. The first-order valence-electron chi connectivity index (χ1n) is 9.66. The van der Waals surface area contributed by atoms with E-state index >= 15 is 0 Å². The topological polar surface area (TPSA) is 119 Å². The van der Waals surface area contributed by atoms with Crippen LogP contribution in [0.1, 0.15) is 29.8 Å². The van der Waals surface area contributed by atoms with Gasteiger partial charge in [-0.15, -0.1) is 5.10 Å². The molecule has 1 unspecified atom stereocenters. The van der Waals surface area contributed by atoms with Gasteiger partial charge in [0.1, 0.15) is 17.6 Å². The maximum Gasteiger partial charge on any atom is 0.325 e. The van der Waals surface area contributed by atoms with Gasteiger partial charge < -0.3 is 10.1 Å². The van der Waals surface area contributed by atoms with Gasteiger partial charge in [0.05, 0.1) is 18.8 Å². The quantitative estimate of drug-likeness (QED) is 0.456. The van der Waals surface area contributed by atoms with Gasteiger partial charge in [-0.05, 0) is 66.2 Å². The maximum atomic E-state index is 13.2. The number of hydrogen-bond donors (Lipinski definition) is 1. The van der Waals surface area contributed by atoms with Crippen molar-refractivity contribution in [1.82, 2.24) is 30.4 Å². The predicted molar refractivity (Wildman–Crippen MR) is 109 cm³/mol. The molecule has 0 spiro atoms. The van der Waals surface area contributed by atoms with Crippen LogP contribution in [0.5, 0.6) is 5.75 Å². The van der Waals surface area contributed by atoms with Gasteiger partial charge in [-0.1, -0.05) is 12.1 Å². The van der Waals surface area contributed by atoms with Gasteiger partial charge in [-0.25, -0.2) is 9.48 Å². The summed E-state index contributed by atoms with van der Waals surface area (Å²) in [4.78, 5) is 39.4. The number of imide groups is 1. The van der Waals surface area contributed by atoms with Crippen LogP contribution < -0.4 is 10.1 Å². The lowest BCUT2D eigenvalue weighted by atomic mass is 9.91. The van der Waals surface area contributed by atoms with E-state index in [4.69, 9.17) is 4.74 Å². The predicted octanol–water partition coefficient (Wildman–Crippen LogP) is 1.71. The molecular weight excluding hydrogens is 400 g/mol. The number of aromatic nitrogens is 4. The number of carbonyl (C=O) groups excluding carboxylic acids is 3. The standard InChI is InChI=1S/C21H20N6O4/c1-3-31-17-9-7-14(8-10-17)18(28)12-26-19(29)21(2,23-20(26)30)15-5-4-6-16(11-15)27-13-22-24-25-27/h4-11,13H,3,12H2,1-2H3,(H,23,30). The number of tetrazole rings is 1. The van der Waals surface area contributed by atoms with E-state index in [0.717, 1.165) is 4.90 Å². The van der Waals surface area contributed by atoms with Crippen molar-refractivity contribution in [2.24, 2.45) is 0 Å². The van der Waals surface area contributed by atoms with Crippen LogP contribution in [0.2, 0.25) is 0 Å². The minimum Gasteiger partial charge on any atom is -0.494 e. The van der Waals surface area contributed by atoms with Crippen molar-refractivity contribution in [1.29, 1.82) is 0 Å². The normalized spacial score (nSPS) is 18.2. The SMILES string of the molecule is CCOc1ccc(C(=O)CN2C(=O)NC(C)(c3cccc(-n4cnnn4)c3)C2=O)cc1. The Morgan fingerprint density at radius 1 is 1.16 bits per heavy atom. The van der Waals surface area contributed by atoms with Crippen LogP contribution in [-0.2, 0) is 10.3 Å². The van der Waals surface area contributed by atoms with Gasteiger partial charge in [-0.3, -0.25) is 14.5 Å². The highest BCUT2D eigenvalue weighted by molar-refractivity contribution is 6.11. The van der Waals surface area contributed by atoms with Gasteiger partial charge in [-0.2, -0.15) is 0 Å². The lowest BCUT2D eigenvalue weighted by Crippen LogP contribution is -2.41.